The lowest BCUT2D eigenvalue weighted by molar-refractivity contribution is 0.404. The normalized spacial score (nSPS) is 15.7. The van der Waals surface area contributed by atoms with Crippen LogP contribution in [0.4, 0.5) is 11.5 Å². The Hall–Kier alpha value is -2.42. The van der Waals surface area contributed by atoms with Crippen molar-refractivity contribution in [1.29, 1.82) is 0 Å². The topological polar surface area (TPSA) is 97.1 Å². The summed E-state index contributed by atoms with van der Waals surface area (Å²) in [4.78, 5) is 4.91. The lowest BCUT2D eigenvalue weighted by atomic mass is 9.99. The first kappa shape index (κ1) is 22.8. The number of aromatic nitrogens is 1. The predicted molar refractivity (Wildman–Crippen MR) is 132 cm³/mol. The zero-order valence-corrected chi connectivity index (χ0v) is 19.9. The fraction of sp³-hybridized carbons (Fsp3) is 0.375. The van der Waals surface area contributed by atoms with Crippen LogP contribution < -0.4 is 15.8 Å². The Labute approximate surface area is 194 Å². The Kier molecular flexibility index (Phi) is 7.13. The van der Waals surface area contributed by atoms with Gasteiger partial charge in [0, 0.05) is 29.2 Å². The number of sulfonamides is 1. The first-order valence-electron chi connectivity index (χ1n) is 11.1. The number of hydrogen-bond donors (Lipinski definition) is 3. The van der Waals surface area contributed by atoms with Crippen molar-refractivity contribution in [3.8, 4) is 10.4 Å². The number of nitrogens with two attached hydrogens (primary N) is 1. The third-order valence-corrected chi connectivity index (χ3v) is 8.97. The van der Waals surface area contributed by atoms with Gasteiger partial charge >= 0.3 is 0 Å². The zero-order chi connectivity index (χ0) is 22.6. The molecule has 0 spiro atoms. The van der Waals surface area contributed by atoms with Crippen LogP contribution in [0, 0.1) is 5.92 Å². The van der Waals surface area contributed by atoms with Crippen LogP contribution in [-0.4, -0.2) is 19.4 Å². The van der Waals surface area contributed by atoms with E-state index in [0.717, 1.165) is 21.9 Å². The molecule has 170 valence electrons. The molecule has 1 aromatic carbocycles. The van der Waals surface area contributed by atoms with E-state index in [1.807, 2.05) is 30.3 Å². The zero-order valence-electron chi connectivity index (χ0n) is 18.3. The summed E-state index contributed by atoms with van der Waals surface area (Å²) in [6.07, 6.45) is 8.18. The number of pyridine rings is 1. The van der Waals surface area contributed by atoms with Crippen LogP contribution in [0.2, 0.25) is 0 Å². The molecule has 1 fully saturated rings. The largest absolute Gasteiger partial charge is 0.384 e. The van der Waals surface area contributed by atoms with Gasteiger partial charge in [0.25, 0.3) is 10.0 Å². The molecule has 4 N–H and O–H groups in total. The molecule has 1 aliphatic carbocycles. The number of benzene rings is 1. The molecule has 3 aromatic rings. The molecule has 1 atom stereocenters. The summed E-state index contributed by atoms with van der Waals surface area (Å²) in [6.45, 7) is 2.84. The van der Waals surface area contributed by atoms with Crippen molar-refractivity contribution in [3.63, 3.8) is 0 Å². The van der Waals surface area contributed by atoms with Crippen molar-refractivity contribution in [3.05, 3.63) is 60.3 Å². The van der Waals surface area contributed by atoms with E-state index < -0.39 is 10.0 Å². The molecule has 0 unspecified atom stereocenters. The van der Waals surface area contributed by atoms with Crippen molar-refractivity contribution in [1.82, 2.24) is 10.3 Å². The first-order valence-corrected chi connectivity index (χ1v) is 13.4. The van der Waals surface area contributed by atoms with Crippen molar-refractivity contribution in [2.75, 3.05) is 10.5 Å². The van der Waals surface area contributed by atoms with Crippen LogP contribution in [0.3, 0.4) is 0 Å². The molecule has 0 aliphatic heterocycles. The average Bonchev–Trinajstić information content (AvgIpc) is 3.46. The number of para-hydroxylation sites is 1. The fourth-order valence-electron chi connectivity index (χ4n) is 4.25. The van der Waals surface area contributed by atoms with Gasteiger partial charge in [0.1, 0.15) is 10.0 Å². The molecule has 4 rings (SSSR count). The first-order chi connectivity index (χ1) is 15.4. The number of nitrogens with zero attached hydrogens (tertiary/aromatic N) is 1. The lowest BCUT2D eigenvalue weighted by Gasteiger charge is -2.19. The van der Waals surface area contributed by atoms with Crippen LogP contribution in [0.15, 0.2) is 58.9 Å². The molecular weight excluding hydrogens is 440 g/mol. The van der Waals surface area contributed by atoms with Crippen molar-refractivity contribution < 1.29 is 8.42 Å². The molecule has 0 saturated heterocycles. The maximum atomic E-state index is 13.1. The second-order valence-corrected chi connectivity index (χ2v) is 11.5. The van der Waals surface area contributed by atoms with Gasteiger partial charge in [-0.2, -0.15) is 0 Å². The van der Waals surface area contributed by atoms with Crippen LogP contribution in [-0.2, 0) is 16.6 Å². The third-order valence-electron chi connectivity index (χ3n) is 5.98. The van der Waals surface area contributed by atoms with E-state index in [9.17, 15) is 8.42 Å². The monoisotopic (exact) mass is 470 g/mol. The van der Waals surface area contributed by atoms with Gasteiger partial charge in [0.05, 0.1) is 5.69 Å². The van der Waals surface area contributed by atoms with Crippen LogP contribution in [0.5, 0.6) is 0 Å². The van der Waals surface area contributed by atoms with Crippen molar-refractivity contribution in [2.24, 2.45) is 5.92 Å². The smallest absolute Gasteiger partial charge is 0.271 e. The second kappa shape index (κ2) is 10.0. The van der Waals surface area contributed by atoms with Gasteiger partial charge in [-0.15, -0.1) is 11.3 Å². The quantitative estimate of drug-likeness (QED) is 0.397. The van der Waals surface area contributed by atoms with Crippen LogP contribution in [0.25, 0.3) is 10.4 Å². The van der Waals surface area contributed by atoms with E-state index in [1.54, 1.807) is 24.4 Å². The molecule has 0 radical (unpaired) electrons. The summed E-state index contributed by atoms with van der Waals surface area (Å²) in [5, 5.41) is 3.57. The molecule has 2 heterocycles. The van der Waals surface area contributed by atoms with E-state index in [-0.39, 0.29) is 4.21 Å². The minimum absolute atomic E-state index is 0.265. The minimum atomic E-state index is -3.69. The van der Waals surface area contributed by atoms with Crippen LogP contribution >= 0.6 is 11.3 Å². The summed E-state index contributed by atoms with van der Waals surface area (Å²) in [5.74, 6) is 1.25. The highest BCUT2D eigenvalue weighted by Gasteiger charge is 2.20. The molecule has 32 heavy (non-hydrogen) atoms. The molecule has 0 amide bonds. The maximum absolute atomic E-state index is 13.1. The second-order valence-electron chi connectivity index (χ2n) is 8.52. The van der Waals surface area contributed by atoms with Crippen molar-refractivity contribution >= 4 is 32.9 Å². The van der Waals surface area contributed by atoms with Gasteiger partial charge in [0.15, 0.2) is 0 Å². The number of thiophene rings is 1. The van der Waals surface area contributed by atoms with Gasteiger partial charge in [-0.3, -0.25) is 4.72 Å². The average molecular weight is 471 g/mol. The fourth-order valence-corrected chi connectivity index (χ4v) is 6.65. The van der Waals surface area contributed by atoms with Gasteiger partial charge in [-0.05, 0) is 55.2 Å². The lowest BCUT2D eigenvalue weighted by Crippen LogP contribution is -2.28. The summed E-state index contributed by atoms with van der Waals surface area (Å²) in [6, 6.07) is 14.9. The molecule has 1 saturated carbocycles. The highest BCUT2D eigenvalue weighted by molar-refractivity contribution is 7.94. The summed E-state index contributed by atoms with van der Waals surface area (Å²) in [7, 11) is -3.69. The third kappa shape index (κ3) is 5.68. The molecular formula is C24H30N4O2S2. The van der Waals surface area contributed by atoms with Gasteiger partial charge in [0.2, 0.25) is 0 Å². The van der Waals surface area contributed by atoms with Crippen molar-refractivity contribution in [2.45, 2.75) is 55.8 Å². The summed E-state index contributed by atoms with van der Waals surface area (Å²) in [5.41, 5.74) is 8.03. The molecule has 6 nitrogen and oxygen atoms in total. The highest BCUT2D eigenvalue weighted by atomic mass is 32.2. The summed E-state index contributed by atoms with van der Waals surface area (Å²) < 4.78 is 29.2. The number of nitrogen functional groups attached to an aromatic ring is 1. The standard InChI is InChI=1S/C24H30N4O2S2/c1-17(14-18-6-2-3-7-18)26-15-19-8-4-5-9-21(19)28-32(29,30)24-13-11-22(31-24)20-10-12-23(25)27-16-20/h4-5,8-13,16-18,26,28H,2-3,6-7,14-15H2,1H3,(H2,25,27)/t17-/m0/s1. The van der Waals surface area contributed by atoms with E-state index in [4.69, 9.17) is 5.73 Å². The highest BCUT2D eigenvalue weighted by Crippen LogP contribution is 2.32. The number of anilines is 2. The van der Waals surface area contributed by atoms with Gasteiger partial charge < -0.3 is 11.1 Å². The van der Waals surface area contributed by atoms with Gasteiger partial charge in [-0.25, -0.2) is 13.4 Å². The Bertz CT molecular complexity index is 1140. The molecule has 1 aliphatic rings. The Morgan fingerprint density at radius 1 is 1.12 bits per heavy atom. The van der Waals surface area contributed by atoms with Crippen LogP contribution in [0.1, 0.15) is 44.6 Å². The van der Waals surface area contributed by atoms with E-state index in [1.165, 1.54) is 43.4 Å². The molecule has 2 aromatic heterocycles. The minimum Gasteiger partial charge on any atom is -0.384 e. The van der Waals surface area contributed by atoms with Gasteiger partial charge in [-0.1, -0.05) is 43.9 Å². The Balaban J connectivity index is 1.43. The number of nitrogens with one attached hydrogen (secondary N) is 2. The van der Waals surface area contributed by atoms with E-state index >= 15 is 0 Å². The number of rotatable bonds is 9. The number of hydrogen-bond acceptors (Lipinski definition) is 6. The Morgan fingerprint density at radius 2 is 1.91 bits per heavy atom. The molecule has 0 bridgehead atoms. The SMILES string of the molecule is C[C@@H](CC1CCCC1)NCc1ccccc1NS(=O)(=O)c1ccc(-c2ccc(N)nc2)s1. The summed E-state index contributed by atoms with van der Waals surface area (Å²) >= 11 is 1.21. The Morgan fingerprint density at radius 3 is 2.66 bits per heavy atom. The van der Waals surface area contributed by atoms with E-state index in [2.05, 4.69) is 21.9 Å². The predicted octanol–water partition coefficient (Wildman–Crippen LogP) is 5.25. The maximum Gasteiger partial charge on any atom is 0.271 e. The van der Waals surface area contributed by atoms with E-state index in [0.29, 0.717) is 24.1 Å². The molecule has 8 heteroatoms.